The van der Waals surface area contributed by atoms with Gasteiger partial charge in [-0.3, -0.25) is 4.79 Å². The Bertz CT molecular complexity index is 99.7. The van der Waals surface area contributed by atoms with Gasteiger partial charge in [-0.15, -0.1) is 37.2 Å². The molecule has 0 aliphatic carbocycles. The molecular formula is C5H14Cl3NO2. The molecule has 11 heavy (non-hydrogen) atoms. The zero-order chi connectivity index (χ0) is 6.73. The van der Waals surface area contributed by atoms with E-state index < -0.39 is 12.0 Å². The molecule has 1 atom stereocenters. The van der Waals surface area contributed by atoms with Gasteiger partial charge < -0.3 is 10.8 Å². The Morgan fingerprint density at radius 2 is 1.55 bits per heavy atom. The summed E-state index contributed by atoms with van der Waals surface area (Å²) in [5, 5.41) is 8.23. The third kappa shape index (κ3) is 10.3. The Morgan fingerprint density at radius 3 is 1.55 bits per heavy atom. The first-order valence-electron chi connectivity index (χ1n) is 2.54. The van der Waals surface area contributed by atoms with E-state index in [1.165, 1.54) is 0 Å². The van der Waals surface area contributed by atoms with Gasteiger partial charge in [-0.1, -0.05) is 13.8 Å². The van der Waals surface area contributed by atoms with Crippen LogP contribution in [0.25, 0.3) is 0 Å². The number of carbonyl (C=O) groups is 1. The summed E-state index contributed by atoms with van der Waals surface area (Å²) >= 11 is 0. The molecule has 0 aliphatic heterocycles. The maximum Gasteiger partial charge on any atom is 0.320 e. The first-order chi connectivity index (χ1) is 3.55. The first kappa shape index (κ1) is 22.5. The molecule has 0 aromatic heterocycles. The summed E-state index contributed by atoms with van der Waals surface area (Å²) < 4.78 is 0. The third-order valence-electron chi connectivity index (χ3n) is 1.00. The number of carboxylic acid groups (broad SMARTS) is 1. The van der Waals surface area contributed by atoms with Gasteiger partial charge in [-0.2, -0.15) is 0 Å². The van der Waals surface area contributed by atoms with Crippen LogP contribution in [0.2, 0.25) is 0 Å². The van der Waals surface area contributed by atoms with E-state index in [1.54, 1.807) is 13.8 Å². The molecule has 0 spiro atoms. The smallest absolute Gasteiger partial charge is 0.320 e. The molecule has 3 N–H and O–H groups in total. The van der Waals surface area contributed by atoms with Gasteiger partial charge in [-0.05, 0) is 5.92 Å². The summed E-state index contributed by atoms with van der Waals surface area (Å²) in [4.78, 5) is 10.0. The molecule has 0 unspecified atom stereocenters. The fourth-order valence-electron chi connectivity index (χ4n) is 0.285. The number of rotatable bonds is 2. The average molecular weight is 227 g/mol. The zero-order valence-electron chi connectivity index (χ0n) is 6.31. The number of nitrogens with two attached hydrogens (primary N) is 1. The fourth-order valence-corrected chi connectivity index (χ4v) is 0.285. The molecule has 0 fully saturated rings. The summed E-state index contributed by atoms with van der Waals surface area (Å²) in [5.74, 6) is -0.910. The first-order valence-corrected chi connectivity index (χ1v) is 2.54. The molecule has 0 rings (SSSR count). The SMILES string of the molecule is CC(C)[C@H](N)C(=O)O.Cl.Cl.Cl. The molecule has 0 bridgehead atoms. The van der Waals surface area contributed by atoms with Gasteiger partial charge in [0, 0.05) is 0 Å². The topological polar surface area (TPSA) is 63.3 Å². The fraction of sp³-hybridized carbons (Fsp3) is 0.800. The van der Waals surface area contributed by atoms with Crippen LogP contribution in [0.4, 0.5) is 0 Å². The number of halogens is 3. The average Bonchev–Trinajstić information content (AvgIpc) is 1.64. The van der Waals surface area contributed by atoms with Gasteiger partial charge in [0.05, 0.1) is 0 Å². The third-order valence-corrected chi connectivity index (χ3v) is 1.00. The van der Waals surface area contributed by atoms with Crippen LogP contribution in [-0.2, 0) is 4.79 Å². The van der Waals surface area contributed by atoms with Gasteiger partial charge in [0.2, 0.25) is 0 Å². The molecule has 0 saturated heterocycles. The highest BCUT2D eigenvalue weighted by atomic mass is 35.5. The maximum atomic E-state index is 10.0. The van der Waals surface area contributed by atoms with Crippen LogP contribution in [0.15, 0.2) is 0 Å². The number of carboxylic acids is 1. The van der Waals surface area contributed by atoms with Crippen molar-refractivity contribution < 1.29 is 9.90 Å². The predicted molar refractivity (Wildman–Crippen MR) is 52.2 cm³/mol. The maximum absolute atomic E-state index is 10.0. The van der Waals surface area contributed by atoms with Crippen molar-refractivity contribution >= 4 is 43.2 Å². The summed E-state index contributed by atoms with van der Waals surface area (Å²) in [6.45, 7) is 3.55. The van der Waals surface area contributed by atoms with E-state index >= 15 is 0 Å². The number of aliphatic carboxylic acids is 1. The van der Waals surface area contributed by atoms with Crippen LogP contribution in [0.5, 0.6) is 0 Å². The molecule has 0 aromatic rings. The second kappa shape index (κ2) is 10.3. The van der Waals surface area contributed by atoms with Crippen LogP contribution < -0.4 is 5.73 Å². The van der Waals surface area contributed by atoms with E-state index in [0.29, 0.717) is 0 Å². The minimum absolute atomic E-state index is 0. The molecule has 3 nitrogen and oxygen atoms in total. The number of hydrogen-bond acceptors (Lipinski definition) is 2. The molecule has 0 saturated carbocycles. The lowest BCUT2D eigenvalue weighted by atomic mass is 10.1. The second-order valence-corrected chi connectivity index (χ2v) is 2.11. The second-order valence-electron chi connectivity index (χ2n) is 2.11. The van der Waals surface area contributed by atoms with Crippen molar-refractivity contribution in [2.24, 2.45) is 11.7 Å². The van der Waals surface area contributed by atoms with Crippen molar-refractivity contribution in [3.05, 3.63) is 0 Å². The van der Waals surface area contributed by atoms with Crippen molar-refractivity contribution in [2.75, 3.05) is 0 Å². The molecule has 0 amide bonds. The Balaban J connectivity index is -0.0000000817. The van der Waals surface area contributed by atoms with Crippen molar-refractivity contribution in [1.29, 1.82) is 0 Å². The van der Waals surface area contributed by atoms with Gasteiger partial charge >= 0.3 is 5.97 Å². The Hall–Kier alpha value is 0.300. The monoisotopic (exact) mass is 225 g/mol. The normalized spacial score (nSPS) is 10.2. The van der Waals surface area contributed by atoms with Gasteiger partial charge in [0.25, 0.3) is 0 Å². The Labute approximate surface area is 85.0 Å². The van der Waals surface area contributed by atoms with E-state index in [0.717, 1.165) is 0 Å². The molecular weight excluding hydrogens is 212 g/mol. The number of hydrogen-bond donors (Lipinski definition) is 2. The molecule has 0 heterocycles. The van der Waals surface area contributed by atoms with Crippen LogP contribution in [-0.4, -0.2) is 17.1 Å². The molecule has 0 aliphatic rings. The summed E-state index contributed by atoms with van der Waals surface area (Å²) in [7, 11) is 0. The summed E-state index contributed by atoms with van der Waals surface area (Å²) in [5.41, 5.74) is 5.16. The van der Waals surface area contributed by atoms with Gasteiger partial charge in [0.15, 0.2) is 0 Å². The predicted octanol–water partition coefficient (Wildman–Crippen LogP) is 1.32. The van der Waals surface area contributed by atoms with Crippen LogP contribution in [0.3, 0.4) is 0 Å². The zero-order valence-corrected chi connectivity index (χ0v) is 8.76. The van der Waals surface area contributed by atoms with E-state index in [2.05, 4.69) is 0 Å². The van der Waals surface area contributed by atoms with Gasteiger partial charge in [0.1, 0.15) is 6.04 Å². The lowest BCUT2D eigenvalue weighted by Gasteiger charge is -2.07. The lowest BCUT2D eigenvalue weighted by Crippen LogP contribution is -2.34. The van der Waals surface area contributed by atoms with Crippen molar-refractivity contribution in [1.82, 2.24) is 0 Å². The van der Waals surface area contributed by atoms with Gasteiger partial charge in [-0.25, -0.2) is 0 Å². The van der Waals surface area contributed by atoms with Crippen molar-refractivity contribution in [3.63, 3.8) is 0 Å². The summed E-state index contributed by atoms with van der Waals surface area (Å²) in [6.07, 6.45) is 0. The van der Waals surface area contributed by atoms with Crippen molar-refractivity contribution in [2.45, 2.75) is 19.9 Å². The van der Waals surface area contributed by atoms with Crippen LogP contribution in [0.1, 0.15) is 13.8 Å². The molecule has 0 aromatic carbocycles. The van der Waals surface area contributed by atoms with E-state index in [-0.39, 0.29) is 43.1 Å². The minimum Gasteiger partial charge on any atom is -0.480 e. The Morgan fingerprint density at radius 1 is 1.27 bits per heavy atom. The quantitative estimate of drug-likeness (QED) is 0.746. The highest BCUT2D eigenvalue weighted by Gasteiger charge is 2.14. The molecule has 0 radical (unpaired) electrons. The minimum atomic E-state index is -0.931. The van der Waals surface area contributed by atoms with E-state index in [1.807, 2.05) is 0 Å². The van der Waals surface area contributed by atoms with Crippen molar-refractivity contribution in [3.8, 4) is 0 Å². The molecule has 72 valence electrons. The lowest BCUT2D eigenvalue weighted by molar-refractivity contribution is -0.139. The van der Waals surface area contributed by atoms with Crippen LogP contribution in [0, 0.1) is 5.92 Å². The Kier molecular flexibility index (Phi) is 21.1. The standard InChI is InChI=1S/C5H11NO2.3ClH/c1-3(2)4(6)5(7)8;;;/h3-4H,6H2,1-2H3,(H,7,8);3*1H/t4-;;;/m0.../s1. The molecule has 6 heteroatoms. The van der Waals surface area contributed by atoms with E-state index in [4.69, 9.17) is 10.8 Å². The van der Waals surface area contributed by atoms with Crippen LogP contribution >= 0.6 is 37.2 Å². The summed E-state index contributed by atoms with van der Waals surface area (Å²) in [6, 6.07) is -0.713. The highest BCUT2D eigenvalue weighted by Crippen LogP contribution is 1.96. The van der Waals surface area contributed by atoms with E-state index in [9.17, 15) is 4.79 Å². The largest absolute Gasteiger partial charge is 0.480 e. The highest BCUT2D eigenvalue weighted by molar-refractivity contribution is 5.86.